The molecule has 0 aliphatic carbocycles. The lowest BCUT2D eigenvalue weighted by Gasteiger charge is -2.36. The number of H-pyrrole nitrogens is 1. The summed E-state index contributed by atoms with van der Waals surface area (Å²) in [7, 11) is 0. The number of nitrogens with zero attached hydrogens (tertiary/aromatic N) is 1. The number of morpholine rings is 1. The average Bonchev–Trinajstić information content (AvgIpc) is 3.18. The Balaban J connectivity index is 1.40. The molecule has 3 heterocycles. The number of benzene rings is 1. The molecule has 0 saturated carbocycles. The van der Waals surface area contributed by atoms with E-state index in [9.17, 15) is 4.79 Å². The van der Waals surface area contributed by atoms with E-state index in [1.165, 1.54) is 0 Å². The first kappa shape index (κ1) is 15.7. The van der Waals surface area contributed by atoms with Gasteiger partial charge in [0.25, 0.3) is 5.91 Å². The van der Waals surface area contributed by atoms with E-state index in [0.29, 0.717) is 23.6 Å². The first-order valence-electron chi connectivity index (χ1n) is 8.84. The van der Waals surface area contributed by atoms with Gasteiger partial charge in [-0.1, -0.05) is 19.9 Å². The number of aromatic amines is 1. The third kappa shape index (κ3) is 2.94. The Morgan fingerprint density at radius 2 is 2.21 bits per heavy atom. The lowest BCUT2D eigenvalue weighted by Crippen LogP contribution is -2.48. The van der Waals surface area contributed by atoms with Crippen molar-refractivity contribution >= 4 is 16.8 Å². The summed E-state index contributed by atoms with van der Waals surface area (Å²) in [4.78, 5) is 18.2. The number of rotatable bonds is 3. The lowest BCUT2D eigenvalue weighted by atomic mass is 10.0. The summed E-state index contributed by atoms with van der Waals surface area (Å²) in [5.74, 6) is 0.546. The van der Waals surface area contributed by atoms with Crippen LogP contribution in [0, 0.1) is 5.92 Å². The van der Waals surface area contributed by atoms with Gasteiger partial charge < -0.3 is 15.0 Å². The van der Waals surface area contributed by atoms with Crippen LogP contribution in [0.15, 0.2) is 30.5 Å². The number of amides is 1. The zero-order valence-electron chi connectivity index (χ0n) is 14.3. The van der Waals surface area contributed by atoms with E-state index in [0.717, 1.165) is 37.0 Å². The highest BCUT2D eigenvalue weighted by Crippen LogP contribution is 2.26. The van der Waals surface area contributed by atoms with Crippen LogP contribution in [0.25, 0.3) is 10.9 Å². The van der Waals surface area contributed by atoms with Crippen LogP contribution in [0.2, 0.25) is 0 Å². The Bertz CT molecular complexity index is 739. The molecule has 0 radical (unpaired) electrons. The van der Waals surface area contributed by atoms with Crippen LogP contribution in [0.5, 0.6) is 0 Å². The van der Waals surface area contributed by atoms with Crippen LogP contribution in [-0.2, 0) is 4.74 Å². The normalized spacial score (nSPS) is 27.5. The standard InChI is InChI=1S/C19H25N3O2/c1-12(2)18-10-22-9-15(8-16(22)11-24-18)21-19(23)14-4-3-13-5-6-20-17(13)7-14/h3-7,12,15-16,18,20H,8-11H2,1-2H3,(H,21,23)/t15-,16-,18+/m0/s1. The summed E-state index contributed by atoms with van der Waals surface area (Å²) in [6.45, 7) is 7.09. The van der Waals surface area contributed by atoms with Crippen molar-refractivity contribution in [1.82, 2.24) is 15.2 Å². The van der Waals surface area contributed by atoms with Crippen LogP contribution >= 0.6 is 0 Å². The molecular formula is C19H25N3O2. The van der Waals surface area contributed by atoms with Crippen LogP contribution in [0.1, 0.15) is 30.6 Å². The van der Waals surface area contributed by atoms with Crippen molar-refractivity contribution in [2.75, 3.05) is 19.7 Å². The summed E-state index contributed by atoms with van der Waals surface area (Å²) in [5, 5.41) is 4.33. The van der Waals surface area contributed by atoms with Crippen molar-refractivity contribution in [2.24, 2.45) is 5.92 Å². The Morgan fingerprint density at radius 3 is 3.04 bits per heavy atom. The highest BCUT2D eigenvalue weighted by molar-refractivity contribution is 5.98. The van der Waals surface area contributed by atoms with E-state index >= 15 is 0 Å². The zero-order valence-corrected chi connectivity index (χ0v) is 14.3. The van der Waals surface area contributed by atoms with Crippen molar-refractivity contribution in [3.05, 3.63) is 36.0 Å². The van der Waals surface area contributed by atoms with Gasteiger partial charge in [-0.15, -0.1) is 0 Å². The molecule has 0 bridgehead atoms. The molecule has 2 N–H and O–H groups in total. The van der Waals surface area contributed by atoms with E-state index in [1.54, 1.807) is 0 Å². The van der Waals surface area contributed by atoms with Crippen LogP contribution in [-0.4, -0.2) is 53.7 Å². The fourth-order valence-electron chi connectivity index (χ4n) is 3.87. The average molecular weight is 327 g/mol. The van der Waals surface area contributed by atoms with Crippen molar-refractivity contribution in [3.63, 3.8) is 0 Å². The second-order valence-electron chi connectivity index (χ2n) is 7.41. The molecule has 1 amide bonds. The molecule has 1 aromatic carbocycles. The topological polar surface area (TPSA) is 57.4 Å². The minimum atomic E-state index is 0.0117. The zero-order chi connectivity index (χ0) is 16.7. The maximum atomic E-state index is 12.6. The number of carbonyl (C=O) groups is 1. The number of hydrogen-bond acceptors (Lipinski definition) is 3. The van der Waals surface area contributed by atoms with Gasteiger partial charge in [0.05, 0.1) is 12.7 Å². The van der Waals surface area contributed by atoms with Gasteiger partial charge in [-0.3, -0.25) is 9.69 Å². The van der Waals surface area contributed by atoms with E-state index in [-0.39, 0.29) is 11.9 Å². The number of carbonyl (C=O) groups excluding carboxylic acids is 1. The summed E-state index contributed by atoms with van der Waals surface area (Å²) in [6.07, 6.45) is 3.18. The van der Waals surface area contributed by atoms with Crippen LogP contribution < -0.4 is 5.32 Å². The lowest BCUT2D eigenvalue weighted by molar-refractivity contribution is -0.0683. The molecular weight excluding hydrogens is 302 g/mol. The van der Waals surface area contributed by atoms with Gasteiger partial charge in [0.2, 0.25) is 0 Å². The molecule has 3 atom stereocenters. The number of hydrogen-bond donors (Lipinski definition) is 2. The van der Waals surface area contributed by atoms with Gasteiger partial charge in [0.1, 0.15) is 0 Å². The van der Waals surface area contributed by atoms with Gasteiger partial charge in [-0.05, 0) is 35.9 Å². The molecule has 5 heteroatoms. The predicted molar refractivity (Wildman–Crippen MR) is 94.1 cm³/mol. The maximum absolute atomic E-state index is 12.6. The minimum Gasteiger partial charge on any atom is -0.375 e. The molecule has 2 aliphatic heterocycles. The van der Waals surface area contributed by atoms with Crippen molar-refractivity contribution in [1.29, 1.82) is 0 Å². The van der Waals surface area contributed by atoms with E-state index in [1.807, 2.05) is 30.5 Å². The molecule has 2 aromatic rings. The molecule has 128 valence electrons. The molecule has 2 fully saturated rings. The minimum absolute atomic E-state index is 0.0117. The summed E-state index contributed by atoms with van der Waals surface area (Å²) >= 11 is 0. The third-order valence-corrected chi connectivity index (χ3v) is 5.34. The van der Waals surface area contributed by atoms with E-state index in [2.05, 4.69) is 29.0 Å². The molecule has 0 spiro atoms. The van der Waals surface area contributed by atoms with Gasteiger partial charge in [-0.25, -0.2) is 0 Å². The first-order chi connectivity index (χ1) is 11.6. The quantitative estimate of drug-likeness (QED) is 0.910. The smallest absolute Gasteiger partial charge is 0.251 e. The Hall–Kier alpha value is -1.85. The van der Waals surface area contributed by atoms with Crippen molar-refractivity contribution in [2.45, 2.75) is 38.5 Å². The van der Waals surface area contributed by atoms with E-state index < -0.39 is 0 Å². The molecule has 1 aromatic heterocycles. The SMILES string of the molecule is CC(C)[C@H]1CN2C[C@@H](NC(=O)c3ccc4cc[nH]c4c3)C[C@H]2CO1. The van der Waals surface area contributed by atoms with Crippen molar-refractivity contribution < 1.29 is 9.53 Å². The highest BCUT2D eigenvalue weighted by atomic mass is 16.5. The number of fused-ring (bicyclic) bond motifs is 2. The molecule has 2 saturated heterocycles. The summed E-state index contributed by atoms with van der Waals surface area (Å²) in [5.41, 5.74) is 1.71. The fraction of sp³-hybridized carbons (Fsp3) is 0.526. The molecule has 2 aliphatic rings. The van der Waals surface area contributed by atoms with Gasteiger partial charge in [0.15, 0.2) is 0 Å². The second kappa shape index (κ2) is 6.22. The Kier molecular flexibility index (Phi) is 4.06. The molecule has 5 nitrogen and oxygen atoms in total. The van der Waals surface area contributed by atoms with Crippen LogP contribution in [0.3, 0.4) is 0 Å². The molecule has 4 rings (SSSR count). The van der Waals surface area contributed by atoms with Gasteiger partial charge >= 0.3 is 0 Å². The molecule has 24 heavy (non-hydrogen) atoms. The van der Waals surface area contributed by atoms with Gasteiger partial charge in [-0.2, -0.15) is 0 Å². The van der Waals surface area contributed by atoms with Crippen LogP contribution in [0.4, 0.5) is 0 Å². The maximum Gasteiger partial charge on any atom is 0.251 e. The summed E-state index contributed by atoms with van der Waals surface area (Å²) in [6, 6.07) is 8.46. The monoisotopic (exact) mass is 327 g/mol. The highest BCUT2D eigenvalue weighted by Gasteiger charge is 2.38. The van der Waals surface area contributed by atoms with E-state index in [4.69, 9.17) is 4.74 Å². The first-order valence-corrected chi connectivity index (χ1v) is 8.84. The summed E-state index contributed by atoms with van der Waals surface area (Å²) < 4.78 is 5.97. The third-order valence-electron chi connectivity index (χ3n) is 5.34. The molecule has 0 unspecified atom stereocenters. The Labute approximate surface area is 142 Å². The van der Waals surface area contributed by atoms with Crippen molar-refractivity contribution in [3.8, 4) is 0 Å². The number of nitrogens with one attached hydrogen (secondary N) is 2. The second-order valence-corrected chi connectivity index (χ2v) is 7.41. The fourth-order valence-corrected chi connectivity index (χ4v) is 3.87. The Morgan fingerprint density at radius 1 is 1.33 bits per heavy atom. The van der Waals surface area contributed by atoms with Gasteiger partial charge in [0, 0.05) is 42.5 Å². The largest absolute Gasteiger partial charge is 0.375 e. The number of ether oxygens (including phenoxy) is 1. The number of aromatic nitrogens is 1. The predicted octanol–water partition coefficient (Wildman–Crippen LogP) is 2.40.